The SMILES string of the molecule is CCOc1ccc(OCC)c2c1C(=O)c1ccccc1C2=O.CCOc1ccc(OCC)c2c1C(=O)c1ccccc1C2=O. The molecular weight excluding hydrogens is 560 g/mol. The summed E-state index contributed by atoms with van der Waals surface area (Å²) in [6.45, 7) is 9.04. The first-order chi connectivity index (χ1) is 21.4. The van der Waals surface area contributed by atoms with Gasteiger partial charge in [-0.25, -0.2) is 0 Å². The van der Waals surface area contributed by atoms with Crippen molar-refractivity contribution in [1.29, 1.82) is 0 Å². The van der Waals surface area contributed by atoms with Gasteiger partial charge in [0.05, 0.1) is 48.7 Å². The van der Waals surface area contributed by atoms with E-state index in [9.17, 15) is 19.2 Å². The number of ketones is 4. The van der Waals surface area contributed by atoms with Crippen molar-refractivity contribution in [2.75, 3.05) is 26.4 Å². The van der Waals surface area contributed by atoms with Crippen LogP contribution in [0.2, 0.25) is 0 Å². The van der Waals surface area contributed by atoms with Gasteiger partial charge in [0.25, 0.3) is 0 Å². The van der Waals surface area contributed by atoms with E-state index in [-0.39, 0.29) is 23.1 Å². The highest BCUT2D eigenvalue weighted by atomic mass is 16.5. The maximum absolute atomic E-state index is 12.8. The molecule has 0 N–H and O–H groups in total. The fourth-order valence-electron chi connectivity index (χ4n) is 5.43. The lowest BCUT2D eigenvalue weighted by molar-refractivity contribution is 0.0972. The summed E-state index contributed by atoms with van der Waals surface area (Å²) in [7, 11) is 0. The van der Waals surface area contributed by atoms with Gasteiger partial charge in [-0.1, -0.05) is 48.5 Å². The number of hydrogen-bond donors (Lipinski definition) is 0. The van der Waals surface area contributed by atoms with Gasteiger partial charge in [-0.2, -0.15) is 0 Å². The molecule has 4 aromatic carbocycles. The second kappa shape index (κ2) is 13.0. The molecule has 0 unspecified atom stereocenters. The number of carbonyl (C=O) groups is 4. The Hall–Kier alpha value is -5.24. The van der Waals surface area contributed by atoms with E-state index in [0.717, 1.165) is 0 Å². The fraction of sp³-hybridized carbons (Fsp3) is 0.222. The van der Waals surface area contributed by atoms with E-state index in [1.165, 1.54) is 0 Å². The van der Waals surface area contributed by atoms with E-state index >= 15 is 0 Å². The zero-order valence-corrected chi connectivity index (χ0v) is 25.0. The van der Waals surface area contributed by atoms with E-state index in [0.29, 0.717) is 93.9 Å². The summed E-state index contributed by atoms with van der Waals surface area (Å²) in [6.07, 6.45) is 0. The maximum atomic E-state index is 12.8. The van der Waals surface area contributed by atoms with E-state index in [2.05, 4.69) is 0 Å². The third-order valence-electron chi connectivity index (χ3n) is 7.20. The van der Waals surface area contributed by atoms with Gasteiger partial charge in [0, 0.05) is 22.3 Å². The fourth-order valence-corrected chi connectivity index (χ4v) is 5.43. The van der Waals surface area contributed by atoms with Crippen LogP contribution in [0.1, 0.15) is 91.4 Å². The van der Waals surface area contributed by atoms with Crippen LogP contribution in [-0.4, -0.2) is 49.6 Å². The largest absolute Gasteiger partial charge is 0.493 e. The highest BCUT2D eigenvalue weighted by Gasteiger charge is 2.36. The van der Waals surface area contributed by atoms with Crippen LogP contribution in [0.3, 0.4) is 0 Å². The molecule has 2 aliphatic rings. The molecule has 0 heterocycles. The monoisotopic (exact) mass is 592 g/mol. The van der Waals surface area contributed by atoms with E-state index in [1.807, 2.05) is 27.7 Å². The summed E-state index contributed by atoms with van der Waals surface area (Å²) >= 11 is 0. The first-order valence-electron chi connectivity index (χ1n) is 14.6. The Morgan fingerprint density at radius 1 is 0.364 bits per heavy atom. The molecule has 6 rings (SSSR count). The van der Waals surface area contributed by atoms with E-state index in [1.54, 1.807) is 72.8 Å². The molecule has 0 saturated heterocycles. The van der Waals surface area contributed by atoms with Gasteiger partial charge in [0.2, 0.25) is 0 Å². The third-order valence-corrected chi connectivity index (χ3v) is 7.20. The maximum Gasteiger partial charge on any atom is 0.198 e. The summed E-state index contributed by atoms with van der Waals surface area (Å²) in [5.74, 6) is 0.904. The minimum absolute atomic E-state index is 0.199. The lowest BCUT2D eigenvalue weighted by Gasteiger charge is -2.22. The lowest BCUT2D eigenvalue weighted by Crippen LogP contribution is -2.23. The van der Waals surface area contributed by atoms with Crippen molar-refractivity contribution >= 4 is 23.1 Å². The van der Waals surface area contributed by atoms with Crippen LogP contribution in [0.4, 0.5) is 0 Å². The first-order valence-corrected chi connectivity index (χ1v) is 14.6. The second-order valence-electron chi connectivity index (χ2n) is 9.76. The molecule has 8 heteroatoms. The topological polar surface area (TPSA) is 105 Å². The van der Waals surface area contributed by atoms with Crippen LogP contribution >= 0.6 is 0 Å². The van der Waals surface area contributed by atoms with Gasteiger partial charge in [0.1, 0.15) is 23.0 Å². The van der Waals surface area contributed by atoms with Gasteiger partial charge in [-0.3, -0.25) is 19.2 Å². The molecule has 224 valence electrons. The number of fused-ring (bicyclic) bond motifs is 4. The van der Waals surface area contributed by atoms with Crippen LogP contribution in [0.25, 0.3) is 0 Å². The smallest absolute Gasteiger partial charge is 0.198 e. The van der Waals surface area contributed by atoms with Crippen molar-refractivity contribution < 1.29 is 38.1 Å². The molecule has 0 saturated carbocycles. The summed E-state index contributed by atoms with van der Waals surface area (Å²) < 4.78 is 22.2. The van der Waals surface area contributed by atoms with Crippen LogP contribution in [0.5, 0.6) is 23.0 Å². The summed E-state index contributed by atoms with van der Waals surface area (Å²) in [4.78, 5) is 51.3. The Morgan fingerprint density at radius 3 is 0.750 bits per heavy atom. The molecule has 0 radical (unpaired) electrons. The predicted octanol–water partition coefficient (Wildman–Crippen LogP) is 6.52. The van der Waals surface area contributed by atoms with Gasteiger partial charge in [-0.05, 0) is 52.0 Å². The zero-order valence-electron chi connectivity index (χ0n) is 25.0. The molecule has 44 heavy (non-hydrogen) atoms. The minimum atomic E-state index is -0.199. The molecule has 0 aliphatic heterocycles. The van der Waals surface area contributed by atoms with Crippen molar-refractivity contribution in [2.24, 2.45) is 0 Å². The highest BCUT2D eigenvalue weighted by Crippen LogP contribution is 2.40. The molecule has 0 aromatic heterocycles. The molecule has 0 spiro atoms. The van der Waals surface area contributed by atoms with Crippen molar-refractivity contribution in [2.45, 2.75) is 27.7 Å². The molecule has 0 bridgehead atoms. The average Bonchev–Trinajstić information content (AvgIpc) is 3.04. The number of carbonyl (C=O) groups excluding carboxylic acids is 4. The second-order valence-corrected chi connectivity index (χ2v) is 9.76. The van der Waals surface area contributed by atoms with Crippen LogP contribution in [-0.2, 0) is 0 Å². The standard InChI is InChI=1S/2C18H16O4/c2*1-3-21-13-9-10-14(22-4-2)16-15(13)17(19)11-7-5-6-8-12(11)18(16)20/h2*5-10H,3-4H2,1-2H3. The number of hydrogen-bond acceptors (Lipinski definition) is 8. The quantitative estimate of drug-likeness (QED) is 0.197. The van der Waals surface area contributed by atoms with Crippen LogP contribution in [0.15, 0.2) is 72.8 Å². The molecular formula is C36H32O8. The summed E-state index contributed by atoms with van der Waals surface area (Å²) in [6, 6.07) is 20.4. The van der Waals surface area contributed by atoms with Crippen molar-refractivity contribution in [1.82, 2.24) is 0 Å². The van der Waals surface area contributed by atoms with Crippen molar-refractivity contribution in [3.05, 3.63) is 117 Å². The summed E-state index contributed by atoms with van der Waals surface area (Å²) in [5, 5.41) is 0. The molecule has 2 aliphatic carbocycles. The van der Waals surface area contributed by atoms with E-state index in [4.69, 9.17) is 18.9 Å². The highest BCUT2D eigenvalue weighted by molar-refractivity contribution is 6.31. The van der Waals surface area contributed by atoms with Crippen LogP contribution < -0.4 is 18.9 Å². The Morgan fingerprint density at radius 2 is 0.568 bits per heavy atom. The zero-order chi connectivity index (χ0) is 31.4. The minimum Gasteiger partial charge on any atom is -0.493 e. The lowest BCUT2D eigenvalue weighted by atomic mass is 9.83. The van der Waals surface area contributed by atoms with Crippen LogP contribution in [0, 0.1) is 0 Å². The molecule has 0 atom stereocenters. The van der Waals surface area contributed by atoms with Gasteiger partial charge in [-0.15, -0.1) is 0 Å². The molecule has 0 fully saturated rings. The Balaban J connectivity index is 0.000000175. The normalized spacial score (nSPS) is 12.6. The predicted molar refractivity (Wildman–Crippen MR) is 164 cm³/mol. The average molecular weight is 593 g/mol. The first kappa shape index (κ1) is 30.2. The Labute approximate surface area is 255 Å². The number of rotatable bonds is 8. The number of ether oxygens (including phenoxy) is 4. The summed E-state index contributed by atoms with van der Waals surface area (Å²) in [5.41, 5.74) is 2.86. The third kappa shape index (κ3) is 5.24. The van der Waals surface area contributed by atoms with Gasteiger partial charge < -0.3 is 18.9 Å². The number of benzene rings is 4. The van der Waals surface area contributed by atoms with E-state index < -0.39 is 0 Å². The van der Waals surface area contributed by atoms with Gasteiger partial charge in [0.15, 0.2) is 23.1 Å². The molecule has 4 aromatic rings. The van der Waals surface area contributed by atoms with Crippen molar-refractivity contribution in [3.8, 4) is 23.0 Å². The Bertz CT molecular complexity index is 1530. The Kier molecular flexibility index (Phi) is 8.90. The molecule has 8 nitrogen and oxygen atoms in total. The van der Waals surface area contributed by atoms with Crippen molar-refractivity contribution in [3.63, 3.8) is 0 Å². The molecule has 0 amide bonds. The van der Waals surface area contributed by atoms with Gasteiger partial charge >= 0.3 is 0 Å².